The summed E-state index contributed by atoms with van der Waals surface area (Å²) in [5.41, 5.74) is 3.76. The van der Waals surface area contributed by atoms with Gasteiger partial charge in [0.05, 0.1) is 19.2 Å². The van der Waals surface area contributed by atoms with Crippen molar-refractivity contribution in [2.75, 3.05) is 20.3 Å². The molecule has 2 unspecified atom stereocenters. The van der Waals surface area contributed by atoms with Gasteiger partial charge in [0, 0.05) is 29.2 Å². The number of ether oxygens (including phenoxy) is 2. The maximum Gasteiger partial charge on any atom is 0.130 e. The molecule has 4 rings (SSSR count). The van der Waals surface area contributed by atoms with E-state index in [2.05, 4.69) is 30.1 Å². The Balaban J connectivity index is 1.86. The Hall–Kier alpha value is -1.61. The van der Waals surface area contributed by atoms with Crippen LogP contribution in [0.25, 0.3) is 10.9 Å². The third-order valence-electron chi connectivity index (χ3n) is 5.58. The van der Waals surface area contributed by atoms with Gasteiger partial charge in [-0.2, -0.15) is 0 Å². The molecule has 2 heterocycles. The first-order chi connectivity index (χ1) is 10.2. The van der Waals surface area contributed by atoms with E-state index >= 15 is 0 Å². The van der Waals surface area contributed by atoms with Crippen LogP contribution in [0, 0.1) is 18.8 Å². The van der Waals surface area contributed by atoms with E-state index in [1.807, 2.05) is 13.0 Å². The monoisotopic (exact) mass is 283 g/mol. The van der Waals surface area contributed by atoms with Crippen LogP contribution in [-0.2, 0) is 10.2 Å². The molecule has 0 radical (unpaired) electrons. The zero-order chi connectivity index (χ0) is 14.6. The number of aromatic nitrogens is 1. The fourth-order valence-electron chi connectivity index (χ4n) is 4.28. The molecule has 1 aromatic carbocycles. The van der Waals surface area contributed by atoms with Crippen molar-refractivity contribution in [3.63, 3.8) is 0 Å². The average Bonchev–Trinajstić information content (AvgIpc) is 3.12. The van der Waals surface area contributed by atoms with Crippen LogP contribution in [0.2, 0.25) is 0 Å². The zero-order valence-corrected chi connectivity index (χ0v) is 12.8. The molecule has 0 bridgehead atoms. The SMILES string of the molecule is COc1cc(C)nc2ccc(C34CCOCC3[C@H]4C)cc12. The van der Waals surface area contributed by atoms with Crippen molar-refractivity contribution in [3.05, 3.63) is 35.5 Å². The first-order valence-electron chi connectivity index (χ1n) is 7.70. The van der Waals surface area contributed by atoms with E-state index in [0.717, 1.165) is 42.0 Å². The lowest BCUT2D eigenvalue weighted by atomic mass is 9.87. The average molecular weight is 283 g/mol. The molecule has 1 aliphatic heterocycles. The van der Waals surface area contributed by atoms with Crippen molar-refractivity contribution in [2.45, 2.75) is 25.7 Å². The van der Waals surface area contributed by atoms with Gasteiger partial charge in [0.1, 0.15) is 5.75 Å². The van der Waals surface area contributed by atoms with Gasteiger partial charge in [-0.15, -0.1) is 0 Å². The Morgan fingerprint density at radius 1 is 1.33 bits per heavy atom. The van der Waals surface area contributed by atoms with Crippen LogP contribution in [0.5, 0.6) is 5.75 Å². The highest BCUT2D eigenvalue weighted by Crippen LogP contribution is 2.63. The van der Waals surface area contributed by atoms with Gasteiger partial charge in [0.15, 0.2) is 0 Å². The molecule has 0 amide bonds. The molecule has 1 saturated carbocycles. The molecule has 0 N–H and O–H groups in total. The van der Waals surface area contributed by atoms with Crippen LogP contribution in [0.1, 0.15) is 24.6 Å². The summed E-state index contributed by atoms with van der Waals surface area (Å²) in [5.74, 6) is 2.31. The smallest absolute Gasteiger partial charge is 0.130 e. The van der Waals surface area contributed by atoms with Crippen molar-refractivity contribution in [3.8, 4) is 5.75 Å². The van der Waals surface area contributed by atoms with Crippen LogP contribution in [0.4, 0.5) is 0 Å². The highest BCUT2D eigenvalue weighted by molar-refractivity contribution is 5.86. The standard InChI is InChI=1S/C18H21NO2/c1-11-8-17(20-3)14-9-13(4-5-16(14)19-11)18-6-7-21-10-15(18)12(18)2/h4-5,8-9,12,15H,6-7,10H2,1-3H3/t12-,15?,18?/m1/s1. The maximum absolute atomic E-state index is 5.65. The Morgan fingerprint density at radius 2 is 2.19 bits per heavy atom. The highest BCUT2D eigenvalue weighted by atomic mass is 16.5. The van der Waals surface area contributed by atoms with Crippen molar-refractivity contribution in [2.24, 2.45) is 11.8 Å². The van der Waals surface area contributed by atoms with Gasteiger partial charge in [-0.25, -0.2) is 0 Å². The first kappa shape index (κ1) is 13.1. The van der Waals surface area contributed by atoms with Gasteiger partial charge in [-0.3, -0.25) is 4.98 Å². The molecule has 110 valence electrons. The summed E-state index contributed by atoms with van der Waals surface area (Å²) in [5, 5.41) is 1.12. The molecule has 2 fully saturated rings. The van der Waals surface area contributed by atoms with Crippen molar-refractivity contribution in [1.82, 2.24) is 4.98 Å². The van der Waals surface area contributed by atoms with Crippen molar-refractivity contribution in [1.29, 1.82) is 0 Å². The molecule has 3 atom stereocenters. The van der Waals surface area contributed by atoms with E-state index in [-0.39, 0.29) is 0 Å². The predicted molar refractivity (Wildman–Crippen MR) is 82.8 cm³/mol. The molecule has 21 heavy (non-hydrogen) atoms. The summed E-state index contributed by atoms with van der Waals surface area (Å²) in [6.07, 6.45) is 1.13. The lowest BCUT2D eigenvalue weighted by Crippen LogP contribution is -2.21. The number of hydrogen-bond acceptors (Lipinski definition) is 3. The first-order valence-corrected chi connectivity index (χ1v) is 7.70. The summed E-state index contributed by atoms with van der Waals surface area (Å²) >= 11 is 0. The molecule has 2 aromatic rings. The Labute approximate surface area is 125 Å². The topological polar surface area (TPSA) is 31.4 Å². The minimum Gasteiger partial charge on any atom is -0.496 e. The molecule has 0 spiro atoms. The molecule has 1 aromatic heterocycles. The number of fused-ring (bicyclic) bond motifs is 2. The second-order valence-electron chi connectivity index (χ2n) is 6.46. The van der Waals surface area contributed by atoms with Crippen LogP contribution in [-0.4, -0.2) is 25.3 Å². The fourth-order valence-corrected chi connectivity index (χ4v) is 4.28. The molecule has 3 nitrogen and oxygen atoms in total. The minimum atomic E-state index is 0.322. The summed E-state index contributed by atoms with van der Waals surface area (Å²) < 4.78 is 11.2. The quantitative estimate of drug-likeness (QED) is 0.845. The van der Waals surface area contributed by atoms with Gasteiger partial charge >= 0.3 is 0 Å². The third-order valence-corrected chi connectivity index (χ3v) is 5.58. The third kappa shape index (κ3) is 1.73. The Kier molecular flexibility index (Phi) is 2.77. The van der Waals surface area contributed by atoms with E-state index < -0.39 is 0 Å². The number of nitrogens with zero attached hydrogens (tertiary/aromatic N) is 1. The van der Waals surface area contributed by atoms with Crippen molar-refractivity contribution >= 4 is 10.9 Å². The molecule has 2 aliphatic rings. The lowest BCUT2D eigenvalue weighted by molar-refractivity contribution is 0.0801. The van der Waals surface area contributed by atoms with Gasteiger partial charge < -0.3 is 9.47 Å². The molecular formula is C18H21NO2. The largest absolute Gasteiger partial charge is 0.496 e. The number of methoxy groups -OCH3 is 1. The number of hydrogen-bond donors (Lipinski definition) is 0. The zero-order valence-electron chi connectivity index (χ0n) is 12.8. The number of benzene rings is 1. The van der Waals surface area contributed by atoms with Crippen LogP contribution in [0.15, 0.2) is 24.3 Å². The number of aryl methyl sites for hydroxylation is 1. The second-order valence-corrected chi connectivity index (χ2v) is 6.46. The van der Waals surface area contributed by atoms with Gasteiger partial charge in [0.25, 0.3) is 0 Å². The Bertz CT molecular complexity index is 712. The molecule has 3 heteroatoms. The molecule has 1 aliphatic carbocycles. The maximum atomic E-state index is 5.65. The van der Waals surface area contributed by atoms with Crippen LogP contribution in [0.3, 0.4) is 0 Å². The van der Waals surface area contributed by atoms with E-state index in [9.17, 15) is 0 Å². The van der Waals surface area contributed by atoms with E-state index in [0.29, 0.717) is 17.3 Å². The fraction of sp³-hybridized carbons (Fsp3) is 0.500. The molecular weight excluding hydrogens is 262 g/mol. The summed E-state index contributed by atoms with van der Waals surface area (Å²) in [7, 11) is 1.73. The summed E-state index contributed by atoms with van der Waals surface area (Å²) in [6, 6.07) is 8.71. The second kappa shape index (κ2) is 4.44. The van der Waals surface area contributed by atoms with E-state index in [4.69, 9.17) is 9.47 Å². The van der Waals surface area contributed by atoms with Gasteiger partial charge in [-0.1, -0.05) is 13.0 Å². The van der Waals surface area contributed by atoms with Gasteiger partial charge in [0.2, 0.25) is 0 Å². The molecule has 1 saturated heterocycles. The summed E-state index contributed by atoms with van der Waals surface area (Å²) in [6.45, 7) is 6.14. The number of pyridine rings is 1. The van der Waals surface area contributed by atoms with Crippen molar-refractivity contribution < 1.29 is 9.47 Å². The lowest BCUT2D eigenvalue weighted by Gasteiger charge is -2.23. The number of rotatable bonds is 2. The van der Waals surface area contributed by atoms with Crippen LogP contribution >= 0.6 is 0 Å². The minimum absolute atomic E-state index is 0.322. The highest BCUT2D eigenvalue weighted by Gasteiger charge is 2.63. The summed E-state index contributed by atoms with van der Waals surface area (Å²) in [4.78, 5) is 4.62. The van der Waals surface area contributed by atoms with E-state index in [1.165, 1.54) is 5.56 Å². The van der Waals surface area contributed by atoms with Crippen LogP contribution < -0.4 is 4.74 Å². The predicted octanol–water partition coefficient (Wildman–Crippen LogP) is 3.48. The van der Waals surface area contributed by atoms with Gasteiger partial charge in [-0.05, 0) is 42.9 Å². The normalized spacial score (nSPS) is 31.0. The van der Waals surface area contributed by atoms with E-state index in [1.54, 1.807) is 7.11 Å². The Morgan fingerprint density at radius 3 is 2.95 bits per heavy atom.